The largest absolute Gasteiger partial charge is 0.471 e. The Hall–Kier alpha value is -3.90. The Morgan fingerprint density at radius 2 is 1.97 bits per heavy atom. The molecule has 0 radical (unpaired) electrons. The number of aryl methyl sites for hydroxylation is 1. The summed E-state index contributed by atoms with van der Waals surface area (Å²) in [5.74, 6) is 0.0322. The molecule has 188 valence electrons. The summed E-state index contributed by atoms with van der Waals surface area (Å²) in [6.07, 6.45) is 3.30. The van der Waals surface area contributed by atoms with E-state index in [0.29, 0.717) is 61.6 Å². The summed E-state index contributed by atoms with van der Waals surface area (Å²) in [4.78, 5) is 32.3. The molecule has 2 fully saturated rings. The highest BCUT2D eigenvalue weighted by Gasteiger charge is 2.38. The van der Waals surface area contributed by atoms with Gasteiger partial charge in [-0.05, 0) is 25.5 Å². The number of hydrogen-bond donors (Lipinski definition) is 2. The van der Waals surface area contributed by atoms with E-state index in [0.717, 1.165) is 24.2 Å². The molecule has 2 saturated heterocycles. The highest BCUT2D eigenvalue weighted by molar-refractivity contribution is 5.98. The molecule has 1 unspecified atom stereocenters. The number of carbonyl (C=O) groups excluding carboxylic acids is 1. The van der Waals surface area contributed by atoms with Gasteiger partial charge in [-0.2, -0.15) is 4.98 Å². The quantitative estimate of drug-likeness (QED) is 0.528. The number of nitrogens with zero attached hydrogens (tertiary/aromatic N) is 6. The lowest BCUT2D eigenvalue weighted by molar-refractivity contribution is -0.114. The van der Waals surface area contributed by atoms with Crippen molar-refractivity contribution in [1.29, 1.82) is 0 Å². The maximum absolute atomic E-state index is 12.5. The molecular weight excluding hydrogens is 464 g/mol. The number of nitrogens with two attached hydrogens (primary N) is 2. The topological polar surface area (TPSA) is 149 Å². The predicted octanol–water partition coefficient (Wildman–Crippen LogP) is 1.16. The summed E-state index contributed by atoms with van der Waals surface area (Å²) < 4.78 is 17.6. The Morgan fingerprint density at radius 3 is 2.69 bits per heavy atom. The Balaban J connectivity index is 1.49. The number of primary amides is 1. The summed E-state index contributed by atoms with van der Waals surface area (Å²) in [5, 5.41) is 0. The van der Waals surface area contributed by atoms with Crippen molar-refractivity contribution in [3.63, 3.8) is 0 Å². The van der Waals surface area contributed by atoms with E-state index in [4.69, 9.17) is 30.3 Å². The van der Waals surface area contributed by atoms with Crippen LogP contribution in [0.25, 0.3) is 11.2 Å². The van der Waals surface area contributed by atoms with Crippen molar-refractivity contribution in [2.24, 2.45) is 11.5 Å². The number of anilines is 3. The van der Waals surface area contributed by atoms with E-state index in [-0.39, 0.29) is 11.7 Å². The first-order chi connectivity index (χ1) is 17.5. The van der Waals surface area contributed by atoms with Gasteiger partial charge in [0.15, 0.2) is 11.4 Å². The van der Waals surface area contributed by atoms with Crippen LogP contribution in [0.15, 0.2) is 40.8 Å². The second-order valence-corrected chi connectivity index (χ2v) is 9.20. The highest BCUT2D eigenvalue weighted by Crippen LogP contribution is 2.43. The molecule has 3 aromatic rings. The lowest BCUT2D eigenvalue weighted by Gasteiger charge is -2.30. The van der Waals surface area contributed by atoms with Crippen LogP contribution in [-0.2, 0) is 14.3 Å². The summed E-state index contributed by atoms with van der Waals surface area (Å²) in [5.41, 5.74) is 15.5. The number of oxazole rings is 1. The first-order valence-electron chi connectivity index (χ1n) is 12.0. The average Bonchev–Trinajstić information content (AvgIpc) is 3.61. The third kappa shape index (κ3) is 3.97. The number of ether oxygens (including phenoxy) is 2. The zero-order valence-corrected chi connectivity index (χ0v) is 20.0. The van der Waals surface area contributed by atoms with Gasteiger partial charge in [0.1, 0.15) is 12.0 Å². The van der Waals surface area contributed by atoms with Crippen LogP contribution in [-0.4, -0.2) is 66.3 Å². The molecule has 1 amide bonds. The number of rotatable bonds is 5. The third-order valence-corrected chi connectivity index (χ3v) is 6.66. The van der Waals surface area contributed by atoms with Crippen molar-refractivity contribution in [2.45, 2.75) is 25.6 Å². The Morgan fingerprint density at radius 1 is 1.14 bits per heavy atom. The first kappa shape index (κ1) is 22.6. The van der Waals surface area contributed by atoms with Crippen molar-refractivity contribution >= 4 is 34.7 Å². The van der Waals surface area contributed by atoms with Gasteiger partial charge >= 0.3 is 0 Å². The van der Waals surface area contributed by atoms with E-state index in [1.807, 2.05) is 30.0 Å². The van der Waals surface area contributed by atoms with Crippen molar-refractivity contribution < 1.29 is 18.7 Å². The molecule has 6 rings (SSSR count). The fourth-order valence-electron chi connectivity index (χ4n) is 4.87. The molecule has 3 aromatic heterocycles. The van der Waals surface area contributed by atoms with E-state index in [9.17, 15) is 4.79 Å². The van der Waals surface area contributed by atoms with Crippen molar-refractivity contribution in [3.05, 3.63) is 47.6 Å². The van der Waals surface area contributed by atoms with E-state index >= 15 is 0 Å². The van der Waals surface area contributed by atoms with Crippen molar-refractivity contribution in [2.75, 3.05) is 54.1 Å². The van der Waals surface area contributed by atoms with Crippen LogP contribution in [0.3, 0.4) is 0 Å². The molecule has 12 nitrogen and oxygen atoms in total. The fourth-order valence-corrected chi connectivity index (χ4v) is 4.87. The number of aromatic nitrogens is 3. The molecule has 0 bridgehead atoms. The van der Waals surface area contributed by atoms with Crippen LogP contribution in [0.5, 0.6) is 0 Å². The molecule has 3 aliphatic heterocycles. The minimum atomic E-state index is -0.634. The monoisotopic (exact) mass is 492 g/mol. The van der Waals surface area contributed by atoms with Crippen LogP contribution >= 0.6 is 0 Å². The SMILES string of the molecule is Cc1cc([C@@H]2OC=C(C(N)=O)N2c2cc3oc(N4CCOCC4)nc3nc2N2CCC(N)C2)ccn1. The van der Waals surface area contributed by atoms with E-state index in [2.05, 4.69) is 14.9 Å². The van der Waals surface area contributed by atoms with E-state index in [1.54, 1.807) is 11.1 Å². The molecule has 0 saturated carbocycles. The minimum Gasteiger partial charge on any atom is -0.471 e. The molecule has 0 spiro atoms. The van der Waals surface area contributed by atoms with Gasteiger partial charge in [0.05, 0.1) is 18.9 Å². The molecule has 3 aliphatic rings. The van der Waals surface area contributed by atoms with Crippen LogP contribution < -0.4 is 26.2 Å². The van der Waals surface area contributed by atoms with Crippen LogP contribution in [0.1, 0.15) is 23.9 Å². The number of amides is 1. The normalized spacial score (nSPS) is 22.3. The predicted molar refractivity (Wildman–Crippen MR) is 132 cm³/mol. The number of carbonyl (C=O) groups is 1. The maximum atomic E-state index is 12.5. The van der Waals surface area contributed by atoms with Crippen LogP contribution in [0, 0.1) is 6.92 Å². The summed E-state index contributed by atoms with van der Waals surface area (Å²) in [6.45, 7) is 5.85. The van der Waals surface area contributed by atoms with E-state index < -0.39 is 12.1 Å². The zero-order valence-electron chi connectivity index (χ0n) is 20.0. The Kier molecular flexibility index (Phi) is 5.61. The zero-order chi connectivity index (χ0) is 24.8. The van der Waals surface area contributed by atoms with Gasteiger partial charge in [-0.3, -0.25) is 14.7 Å². The second kappa shape index (κ2) is 8.95. The third-order valence-electron chi connectivity index (χ3n) is 6.66. The van der Waals surface area contributed by atoms with Gasteiger partial charge in [0, 0.05) is 55.7 Å². The van der Waals surface area contributed by atoms with Gasteiger partial charge in [-0.25, -0.2) is 4.98 Å². The minimum absolute atomic E-state index is 0.0243. The van der Waals surface area contributed by atoms with Crippen molar-refractivity contribution in [3.8, 4) is 0 Å². The molecule has 0 aromatic carbocycles. The maximum Gasteiger partial charge on any atom is 0.300 e. The Bertz CT molecular complexity index is 1330. The Labute approximate surface area is 207 Å². The highest BCUT2D eigenvalue weighted by atomic mass is 16.5. The van der Waals surface area contributed by atoms with Crippen LogP contribution in [0.4, 0.5) is 17.5 Å². The first-order valence-corrected chi connectivity index (χ1v) is 12.0. The lowest BCUT2D eigenvalue weighted by atomic mass is 10.1. The van der Waals surface area contributed by atoms with Gasteiger partial charge in [0.25, 0.3) is 11.9 Å². The molecule has 4 N–H and O–H groups in total. The summed E-state index contributed by atoms with van der Waals surface area (Å²) in [7, 11) is 0. The number of fused-ring (bicyclic) bond motifs is 1. The number of pyridine rings is 2. The molecule has 2 atom stereocenters. The summed E-state index contributed by atoms with van der Waals surface area (Å²) in [6, 6.07) is 6.14. The smallest absolute Gasteiger partial charge is 0.300 e. The fraction of sp³-hybridized carbons (Fsp3) is 0.417. The molecular formula is C24H28N8O4. The molecule has 6 heterocycles. The summed E-state index contributed by atoms with van der Waals surface area (Å²) >= 11 is 0. The van der Waals surface area contributed by atoms with Gasteiger partial charge in [-0.15, -0.1) is 0 Å². The molecule has 0 aliphatic carbocycles. The van der Waals surface area contributed by atoms with Crippen LogP contribution in [0.2, 0.25) is 0 Å². The molecule has 36 heavy (non-hydrogen) atoms. The second-order valence-electron chi connectivity index (χ2n) is 9.20. The number of morpholine rings is 1. The molecule has 12 heteroatoms. The standard InChI is InChI=1S/C24H28N8O4/c1-14-10-15(2-4-27-14)23-32(18(13-35-23)20(26)33)17-11-19-21(28-22(17)31-5-3-16(25)12-31)29-24(36-19)30-6-8-34-9-7-30/h2,4,10-11,13,16,23H,3,5-9,12,25H2,1H3,(H2,26,33)/t16?,23-/m0/s1. The van der Waals surface area contributed by atoms with Gasteiger partial charge in [0.2, 0.25) is 11.9 Å². The average molecular weight is 493 g/mol. The van der Waals surface area contributed by atoms with Gasteiger partial charge in [-0.1, -0.05) is 0 Å². The van der Waals surface area contributed by atoms with E-state index in [1.165, 1.54) is 6.26 Å². The number of hydrogen-bond acceptors (Lipinski definition) is 11. The lowest BCUT2D eigenvalue weighted by Crippen LogP contribution is -2.36. The van der Waals surface area contributed by atoms with Crippen molar-refractivity contribution in [1.82, 2.24) is 15.0 Å². The van der Waals surface area contributed by atoms with Gasteiger partial charge < -0.3 is 35.2 Å².